The average molecular weight is 539 g/mol. The molecular weight excluding hydrogens is 514 g/mol. The molecule has 0 saturated heterocycles. The summed E-state index contributed by atoms with van der Waals surface area (Å²) in [4.78, 5) is 18.1. The third-order valence-corrected chi connectivity index (χ3v) is 6.41. The first-order valence-corrected chi connectivity index (χ1v) is 12.3. The fourth-order valence-corrected chi connectivity index (χ4v) is 4.04. The standard InChI is InChI=1S/C27H25BrClN3O2/c1-4-18(3)26-31-24-11-9-21(28)14-23(24)27(33)32(26)30-15-20-13-22(29)10-12-25(20)34-16-19-7-5-17(2)6-8-19/h5-15,18H,4,16H2,1-3H3/t18-/m1/s1. The van der Waals surface area contributed by atoms with Crippen LogP contribution in [0.5, 0.6) is 5.75 Å². The van der Waals surface area contributed by atoms with E-state index in [-0.39, 0.29) is 11.5 Å². The third kappa shape index (κ3) is 5.40. The van der Waals surface area contributed by atoms with Gasteiger partial charge in [-0.3, -0.25) is 4.79 Å². The molecule has 4 aromatic rings. The number of aryl methyl sites for hydroxylation is 1. The van der Waals surface area contributed by atoms with E-state index < -0.39 is 0 Å². The quantitative estimate of drug-likeness (QED) is 0.236. The van der Waals surface area contributed by atoms with Gasteiger partial charge in [-0.25, -0.2) is 4.98 Å². The highest BCUT2D eigenvalue weighted by Gasteiger charge is 2.16. The van der Waals surface area contributed by atoms with Gasteiger partial charge in [0.15, 0.2) is 0 Å². The topological polar surface area (TPSA) is 56.5 Å². The van der Waals surface area contributed by atoms with Crippen molar-refractivity contribution in [3.05, 3.63) is 103 Å². The van der Waals surface area contributed by atoms with E-state index in [1.54, 1.807) is 24.4 Å². The predicted molar refractivity (Wildman–Crippen MR) is 142 cm³/mol. The largest absolute Gasteiger partial charge is 0.488 e. The van der Waals surface area contributed by atoms with Crippen molar-refractivity contribution in [2.45, 2.75) is 39.7 Å². The van der Waals surface area contributed by atoms with E-state index >= 15 is 0 Å². The molecule has 0 saturated carbocycles. The zero-order valence-electron chi connectivity index (χ0n) is 19.3. The van der Waals surface area contributed by atoms with Crippen molar-refractivity contribution in [3.63, 3.8) is 0 Å². The molecule has 3 aromatic carbocycles. The summed E-state index contributed by atoms with van der Waals surface area (Å²) in [6, 6.07) is 19.0. The van der Waals surface area contributed by atoms with Crippen molar-refractivity contribution in [1.82, 2.24) is 9.66 Å². The minimum atomic E-state index is -0.220. The van der Waals surface area contributed by atoms with Crippen LogP contribution in [0.3, 0.4) is 0 Å². The number of aromatic nitrogens is 2. The molecule has 0 fully saturated rings. The molecule has 5 nitrogen and oxygen atoms in total. The molecule has 0 unspecified atom stereocenters. The normalized spacial score (nSPS) is 12.4. The van der Waals surface area contributed by atoms with Crippen LogP contribution in [0.1, 0.15) is 48.7 Å². The van der Waals surface area contributed by atoms with Gasteiger partial charge in [0.05, 0.1) is 17.1 Å². The molecule has 1 aromatic heterocycles. The molecule has 0 bridgehead atoms. The van der Waals surface area contributed by atoms with Gasteiger partial charge < -0.3 is 4.74 Å². The van der Waals surface area contributed by atoms with Crippen molar-refractivity contribution in [1.29, 1.82) is 0 Å². The van der Waals surface area contributed by atoms with Gasteiger partial charge in [-0.1, -0.05) is 71.2 Å². The van der Waals surface area contributed by atoms with Gasteiger partial charge in [0.2, 0.25) is 0 Å². The number of benzene rings is 3. The first-order chi connectivity index (χ1) is 16.4. The monoisotopic (exact) mass is 537 g/mol. The van der Waals surface area contributed by atoms with Crippen LogP contribution in [0.4, 0.5) is 0 Å². The number of hydrogen-bond donors (Lipinski definition) is 0. The van der Waals surface area contributed by atoms with Crippen molar-refractivity contribution >= 4 is 44.6 Å². The first kappa shape index (κ1) is 24.2. The maximum absolute atomic E-state index is 13.4. The number of fused-ring (bicyclic) bond motifs is 1. The van der Waals surface area contributed by atoms with Crippen LogP contribution in [0, 0.1) is 6.92 Å². The fourth-order valence-electron chi connectivity index (χ4n) is 3.50. The minimum Gasteiger partial charge on any atom is -0.488 e. The lowest BCUT2D eigenvalue weighted by Gasteiger charge is -2.14. The number of hydrogen-bond acceptors (Lipinski definition) is 4. The second-order valence-corrected chi connectivity index (χ2v) is 9.61. The molecule has 0 aliphatic heterocycles. The van der Waals surface area contributed by atoms with E-state index in [1.807, 2.05) is 44.2 Å². The Labute approximate surface area is 212 Å². The van der Waals surface area contributed by atoms with Crippen molar-refractivity contribution in [2.75, 3.05) is 0 Å². The summed E-state index contributed by atoms with van der Waals surface area (Å²) in [6.45, 7) is 6.55. The third-order valence-electron chi connectivity index (χ3n) is 5.69. The number of ether oxygens (including phenoxy) is 1. The summed E-state index contributed by atoms with van der Waals surface area (Å²) < 4.78 is 8.26. The van der Waals surface area contributed by atoms with Gasteiger partial charge in [-0.05, 0) is 55.3 Å². The maximum Gasteiger partial charge on any atom is 0.282 e. The molecule has 0 spiro atoms. The van der Waals surface area contributed by atoms with E-state index in [2.05, 4.69) is 40.1 Å². The molecule has 0 N–H and O–H groups in total. The lowest BCUT2D eigenvalue weighted by Crippen LogP contribution is -2.23. The van der Waals surface area contributed by atoms with Gasteiger partial charge >= 0.3 is 0 Å². The van der Waals surface area contributed by atoms with Gasteiger partial charge in [0.1, 0.15) is 18.2 Å². The van der Waals surface area contributed by atoms with Crippen LogP contribution >= 0.6 is 27.5 Å². The summed E-state index contributed by atoms with van der Waals surface area (Å²) in [7, 11) is 0. The highest BCUT2D eigenvalue weighted by Crippen LogP contribution is 2.24. The summed E-state index contributed by atoms with van der Waals surface area (Å²) in [5.74, 6) is 1.29. The Hall–Kier alpha value is -2.96. The Kier molecular flexibility index (Phi) is 7.49. The highest BCUT2D eigenvalue weighted by molar-refractivity contribution is 9.10. The molecule has 0 aliphatic carbocycles. The molecule has 4 rings (SSSR count). The Morgan fingerprint density at radius 1 is 1.15 bits per heavy atom. The van der Waals surface area contributed by atoms with E-state index in [0.29, 0.717) is 39.7 Å². The molecule has 174 valence electrons. The SMILES string of the molecule is CC[C@@H](C)c1nc2ccc(Br)cc2c(=O)n1N=Cc1cc(Cl)ccc1OCc1ccc(C)cc1. The Balaban J connectivity index is 1.73. The van der Waals surface area contributed by atoms with E-state index in [4.69, 9.17) is 21.3 Å². The van der Waals surface area contributed by atoms with Gasteiger partial charge in [0, 0.05) is 21.0 Å². The van der Waals surface area contributed by atoms with Crippen LogP contribution < -0.4 is 10.3 Å². The van der Waals surface area contributed by atoms with Crippen LogP contribution in [0.25, 0.3) is 10.9 Å². The Bertz CT molecular complexity index is 1410. The van der Waals surface area contributed by atoms with E-state index in [9.17, 15) is 4.79 Å². The Morgan fingerprint density at radius 2 is 1.91 bits per heavy atom. The lowest BCUT2D eigenvalue weighted by molar-refractivity contribution is 0.306. The van der Waals surface area contributed by atoms with E-state index in [0.717, 1.165) is 16.5 Å². The van der Waals surface area contributed by atoms with Crippen LogP contribution in [-0.2, 0) is 6.61 Å². The molecule has 1 heterocycles. The number of nitrogens with zero attached hydrogens (tertiary/aromatic N) is 3. The minimum absolute atomic E-state index is 0.0505. The zero-order valence-corrected chi connectivity index (χ0v) is 21.6. The summed E-state index contributed by atoms with van der Waals surface area (Å²) in [5, 5.41) is 5.61. The molecule has 1 atom stereocenters. The van der Waals surface area contributed by atoms with Crippen molar-refractivity contribution in [3.8, 4) is 5.75 Å². The second kappa shape index (κ2) is 10.5. The second-order valence-electron chi connectivity index (χ2n) is 8.26. The smallest absolute Gasteiger partial charge is 0.282 e. The van der Waals surface area contributed by atoms with Gasteiger partial charge in [-0.15, -0.1) is 0 Å². The van der Waals surface area contributed by atoms with E-state index in [1.165, 1.54) is 10.2 Å². The predicted octanol–water partition coefficient (Wildman–Crippen LogP) is 7.10. The first-order valence-electron chi connectivity index (χ1n) is 11.1. The summed E-state index contributed by atoms with van der Waals surface area (Å²) in [6.07, 6.45) is 2.43. The van der Waals surface area contributed by atoms with Gasteiger partial charge in [-0.2, -0.15) is 9.78 Å². The average Bonchev–Trinajstić information content (AvgIpc) is 2.83. The highest BCUT2D eigenvalue weighted by atomic mass is 79.9. The number of halogens is 2. The summed E-state index contributed by atoms with van der Waals surface area (Å²) >= 11 is 9.70. The molecule has 0 radical (unpaired) electrons. The van der Waals surface area contributed by atoms with Gasteiger partial charge in [0.25, 0.3) is 5.56 Å². The molecule has 0 amide bonds. The molecule has 34 heavy (non-hydrogen) atoms. The van der Waals surface area contributed by atoms with Crippen LogP contribution in [-0.4, -0.2) is 15.9 Å². The number of rotatable bonds is 7. The summed E-state index contributed by atoms with van der Waals surface area (Å²) in [5.41, 5.74) is 3.36. The molecule has 0 aliphatic rings. The lowest BCUT2D eigenvalue weighted by atomic mass is 10.1. The molecular formula is C27H25BrClN3O2. The molecule has 7 heteroatoms. The van der Waals surface area contributed by atoms with Crippen LogP contribution in [0.15, 0.2) is 75.0 Å². The zero-order chi connectivity index (χ0) is 24.2. The van der Waals surface area contributed by atoms with Crippen LogP contribution in [0.2, 0.25) is 5.02 Å². The van der Waals surface area contributed by atoms with Crippen molar-refractivity contribution in [2.24, 2.45) is 5.10 Å². The van der Waals surface area contributed by atoms with Crippen molar-refractivity contribution < 1.29 is 4.74 Å². The maximum atomic E-state index is 13.4. The fraction of sp³-hybridized carbons (Fsp3) is 0.222. The Morgan fingerprint density at radius 3 is 2.65 bits per heavy atom.